The topological polar surface area (TPSA) is 40.5 Å². The van der Waals surface area contributed by atoms with E-state index in [0.29, 0.717) is 36.0 Å². The Morgan fingerprint density at radius 2 is 1.79 bits per heavy atom. The van der Waals surface area contributed by atoms with Gasteiger partial charge < -0.3 is 10.2 Å². The highest BCUT2D eigenvalue weighted by Gasteiger charge is 2.59. The van der Waals surface area contributed by atoms with Gasteiger partial charge in [0.2, 0.25) is 0 Å². The van der Waals surface area contributed by atoms with Gasteiger partial charge in [-0.1, -0.05) is 39.3 Å². The van der Waals surface area contributed by atoms with Crippen LogP contribution in [0.15, 0.2) is 11.6 Å². The molecule has 190 valence electrons. The van der Waals surface area contributed by atoms with Gasteiger partial charge in [-0.3, -0.25) is 0 Å². The van der Waals surface area contributed by atoms with E-state index in [9.17, 15) is 23.4 Å². The Kier molecular flexibility index (Phi) is 6.84. The largest absolute Gasteiger partial charge is 0.393 e. The van der Waals surface area contributed by atoms with E-state index in [0.717, 1.165) is 32.1 Å². The molecule has 0 heterocycles. The number of halogens is 3. The molecule has 0 unspecified atom stereocenters. The van der Waals surface area contributed by atoms with Crippen molar-refractivity contribution in [1.82, 2.24) is 0 Å². The SMILES string of the molecule is CC[C@]1(O)CC[C@@]2(C)C(=CC[C@H]3[C@@H]4CC[C@H]([C@H](C)CC[C@H](O)CC(F)(F)F)[C@@]4(C)CC[C@@H]32)C1. The first-order valence-electron chi connectivity index (χ1n) is 13.5. The lowest BCUT2D eigenvalue weighted by Gasteiger charge is -2.59. The number of alkyl halides is 3. The molecule has 0 aromatic heterocycles. The van der Waals surface area contributed by atoms with Crippen molar-refractivity contribution in [2.45, 2.75) is 123 Å². The molecule has 3 saturated carbocycles. The fourth-order valence-electron chi connectivity index (χ4n) is 9.01. The first-order valence-corrected chi connectivity index (χ1v) is 13.5. The molecule has 33 heavy (non-hydrogen) atoms. The van der Waals surface area contributed by atoms with Crippen molar-refractivity contribution >= 4 is 0 Å². The molecule has 2 N–H and O–H groups in total. The number of fused-ring (bicyclic) bond motifs is 5. The molecule has 9 atom stereocenters. The summed E-state index contributed by atoms with van der Waals surface area (Å²) in [5, 5.41) is 20.8. The summed E-state index contributed by atoms with van der Waals surface area (Å²) in [6.07, 6.45) is 6.38. The molecular weight excluding hydrogens is 425 g/mol. The minimum Gasteiger partial charge on any atom is -0.393 e. The van der Waals surface area contributed by atoms with Gasteiger partial charge in [-0.25, -0.2) is 0 Å². The number of aliphatic hydroxyl groups is 2. The predicted octanol–water partition coefficient (Wildman–Crippen LogP) is 7.44. The zero-order valence-electron chi connectivity index (χ0n) is 21.1. The molecule has 0 aromatic carbocycles. The van der Waals surface area contributed by atoms with Crippen LogP contribution in [0.4, 0.5) is 13.2 Å². The molecule has 4 aliphatic carbocycles. The van der Waals surface area contributed by atoms with Crippen molar-refractivity contribution in [3.8, 4) is 0 Å². The Bertz CT molecular complexity index is 748. The van der Waals surface area contributed by atoms with Gasteiger partial charge in [0, 0.05) is 0 Å². The quantitative estimate of drug-likeness (QED) is 0.396. The minimum absolute atomic E-state index is 0.219. The molecule has 2 nitrogen and oxygen atoms in total. The number of hydrogen-bond acceptors (Lipinski definition) is 2. The van der Waals surface area contributed by atoms with Crippen LogP contribution in [0.1, 0.15) is 105 Å². The summed E-state index contributed by atoms with van der Waals surface area (Å²) in [7, 11) is 0. The second-order valence-electron chi connectivity index (χ2n) is 12.8. The van der Waals surface area contributed by atoms with Crippen molar-refractivity contribution in [1.29, 1.82) is 0 Å². The lowest BCUT2D eigenvalue weighted by atomic mass is 9.46. The third kappa shape index (κ3) is 4.67. The summed E-state index contributed by atoms with van der Waals surface area (Å²) in [6, 6.07) is 0. The molecule has 0 saturated heterocycles. The van der Waals surface area contributed by atoms with E-state index in [2.05, 4.69) is 33.8 Å². The summed E-state index contributed by atoms with van der Waals surface area (Å²) in [6.45, 7) is 9.23. The van der Waals surface area contributed by atoms with Crippen LogP contribution >= 0.6 is 0 Å². The molecule has 0 aliphatic heterocycles. The van der Waals surface area contributed by atoms with Crippen LogP contribution in [0.5, 0.6) is 0 Å². The van der Waals surface area contributed by atoms with Gasteiger partial charge in [0.15, 0.2) is 0 Å². The van der Waals surface area contributed by atoms with Crippen molar-refractivity contribution in [3.05, 3.63) is 11.6 Å². The van der Waals surface area contributed by atoms with Crippen LogP contribution in [-0.2, 0) is 0 Å². The maximum absolute atomic E-state index is 12.6. The monoisotopic (exact) mass is 470 g/mol. The van der Waals surface area contributed by atoms with Gasteiger partial charge in [0.1, 0.15) is 0 Å². The number of aliphatic hydroxyl groups excluding tert-OH is 1. The second kappa shape index (κ2) is 8.84. The van der Waals surface area contributed by atoms with Gasteiger partial charge in [-0.05, 0) is 111 Å². The fourth-order valence-corrected chi connectivity index (χ4v) is 9.01. The molecule has 0 amide bonds. The molecule has 4 aliphatic rings. The normalized spacial score (nSPS) is 44.9. The zero-order chi connectivity index (χ0) is 24.2. The molecule has 5 heteroatoms. The van der Waals surface area contributed by atoms with Crippen molar-refractivity contribution in [3.63, 3.8) is 0 Å². The van der Waals surface area contributed by atoms with Crippen LogP contribution in [0.25, 0.3) is 0 Å². The molecule has 4 rings (SSSR count). The van der Waals surface area contributed by atoms with E-state index >= 15 is 0 Å². The lowest BCUT2D eigenvalue weighted by molar-refractivity contribution is -0.154. The van der Waals surface area contributed by atoms with Crippen LogP contribution in [0, 0.1) is 40.4 Å². The Morgan fingerprint density at radius 1 is 1.06 bits per heavy atom. The standard InChI is InChI=1S/C28H45F3O2/c1-5-27(33)15-14-25(3)19(16-27)7-9-21-23-11-10-22(26(23,4)13-12-24(21)25)18(2)6-8-20(32)17-28(29,30)31/h7,18,20-24,32-33H,5-6,8-17H2,1-4H3/t18-,20+,21+,22-,23+,24+,25+,26-,27+/m1/s1. The molecule has 3 fully saturated rings. The summed E-state index contributed by atoms with van der Waals surface area (Å²) in [4.78, 5) is 0. The average Bonchev–Trinajstić information content (AvgIpc) is 3.09. The zero-order valence-corrected chi connectivity index (χ0v) is 21.1. The maximum Gasteiger partial charge on any atom is 0.391 e. The van der Waals surface area contributed by atoms with E-state index in [1.165, 1.54) is 31.3 Å². The van der Waals surface area contributed by atoms with E-state index in [1.54, 1.807) is 0 Å². The van der Waals surface area contributed by atoms with Crippen molar-refractivity contribution in [2.75, 3.05) is 0 Å². The van der Waals surface area contributed by atoms with Crippen LogP contribution < -0.4 is 0 Å². The average molecular weight is 471 g/mol. The third-order valence-electron chi connectivity index (χ3n) is 11.1. The lowest BCUT2D eigenvalue weighted by Crippen LogP contribution is -2.52. The van der Waals surface area contributed by atoms with Gasteiger partial charge in [-0.2, -0.15) is 13.2 Å². The van der Waals surface area contributed by atoms with Crippen LogP contribution in [-0.4, -0.2) is 28.1 Å². The van der Waals surface area contributed by atoms with E-state index in [1.807, 2.05) is 0 Å². The molecule has 0 aromatic rings. The highest BCUT2D eigenvalue weighted by atomic mass is 19.4. The Hall–Kier alpha value is -0.550. The van der Waals surface area contributed by atoms with Gasteiger partial charge in [-0.15, -0.1) is 0 Å². The Labute approximate surface area is 198 Å². The predicted molar refractivity (Wildman–Crippen MR) is 126 cm³/mol. The summed E-state index contributed by atoms with van der Waals surface area (Å²) < 4.78 is 37.8. The van der Waals surface area contributed by atoms with Crippen molar-refractivity contribution < 1.29 is 23.4 Å². The Balaban J connectivity index is 1.44. The summed E-state index contributed by atoms with van der Waals surface area (Å²) >= 11 is 0. The van der Waals surface area contributed by atoms with Crippen LogP contribution in [0.2, 0.25) is 0 Å². The molecule has 0 spiro atoms. The first kappa shape index (κ1) is 25.5. The highest BCUT2D eigenvalue weighted by Crippen LogP contribution is 2.67. The smallest absolute Gasteiger partial charge is 0.391 e. The number of rotatable bonds is 6. The maximum atomic E-state index is 12.6. The van der Waals surface area contributed by atoms with Crippen LogP contribution in [0.3, 0.4) is 0 Å². The van der Waals surface area contributed by atoms with Gasteiger partial charge in [0.25, 0.3) is 0 Å². The third-order valence-corrected chi connectivity index (χ3v) is 11.1. The first-order chi connectivity index (χ1) is 15.3. The fraction of sp³-hybridized carbons (Fsp3) is 0.929. The highest BCUT2D eigenvalue weighted by molar-refractivity contribution is 5.27. The summed E-state index contributed by atoms with van der Waals surface area (Å²) in [5.41, 5.74) is 1.46. The van der Waals surface area contributed by atoms with E-state index < -0.39 is 24.3 Å². The Morgan fingerprint density at radius 3 is 2.45 bits per heavy atom. The van der Waals surface area contributed by atoms with Gasteiger partial charge in [0.05, 0.1) is 18.1 Å². The number of hydrogen-bond donors (Lipinski definition) is 2. The minimum atomic E-state index is -4.29. The van der Waals surface area contributed by atoms with E-state index in [-0.39, 0.29) is 17.3 Å². The van der Waals surface area contributed by atoms with Crippen molar-refractivity contribution in [2.24, 2.45) is 40.4 Å². The van der Waals surface area contributed by atoms with E-state index in [4.69, 9.17) is 0 Å². The molecular formula is C28H45F3O2. The summed E-state index contributed by atoms with van der Waals surface area (Å²) in [5.74, 6) is 2.96. The second-order valence-corrected chi connectivity index (χ2v) is 12.8. The molecule has 0 bridgehead atoms. The molecule has 0 radical (unpaired) electrons. The van der Waals surface area contributed by atoms with Gasteiger partial charge >= 0.3 is 6.18 Å². The number of allylic oxidation sites excluding steroid dienone is 1.